The number of carbonyl (C=O) groups is 2. The van der Waals surface area contributed by atoms with Gasteiger partial charge in [0, 0.05) is 12.6 Å². The second kappa shape index (κ2) is 9.90. The zero-order chi connectivity index (χ0) is 20.7. The van der Waals surface area contributed by atoms with Crippen LogP contribution in [-0.4, -0.2) is 18.5 Å². The maximum Gasteiger partial charge on any atom is 0.308 e. The third kappa shape index (κ3) is 5.57. The second-order valence-corrected chi connectivity index (χ2v) is 6.96. The van der Waals surface area contributed by atoms with Crippen molar-refractivity contribution >= 4 is 46.2 Å². The number of aryl methyl sites for hydroxylation is 1. The van der Waals surface area contributed by atoms with Crippen LogP contribution in [0.25, 0.3) is 6.08 Å². The van der Waals surface area contributed by atoms with Crippen LogP contribution in [0.2, 0.25) is 0 Å². The maximum atomic E-state index is 12.5. The van der Waals surface area contributed by atoms with E-state index in [4.69, 9.17) is 9.47 Å². The number of para-hydroxylation sites is 1. The molecule has 0 saturated heterocycles. The van der Waals surface area contributed by atoms with Crippen LogP contribution in [0.1, 0.15) is 25.0 Å². The van der Waals surface area contributed by atoms with Crippen molar-refractivity contribution in [2.24, 2.45) is 0 Å². The molecule has 2 aromatic carbocycles. The first-order chi connectivity index (χ1) is 13.3. The molecule has 0 aromatic heterocycles. The molecular formula is C21H19IN2O4. The fourth-order valence-electron chi connectivity index (χ4n) is 2.40. The van der Waals surface area contributed by atoms with Crippen LogP contribution in [0, 0.1) is 21.8 Å². The largest absolute Gasteiger partial charge is 0.490 e. The van der Waals surface area contributed by atoms with E-state index >= 15 is 0 Å². The monoisotopic (exact) mass is 490 g/mol. The van der Waals surface area contributed by atoms with Gasteiger partial charge in [-0.05, 0) is 71.8 Å². The fraction of sp³-hybridized carbons (Fsp3) is 0.190. The molecule has 0 bridgehead atoms. The van der Waals surface area contributed by atoms with Crippen LogP contribution in [0.3, 0.4) is 0 Å². The predicted molar refractivity (Wildman–Crippen MR) is 115 cm³/mol. The lowest BCUT2D eigenvalue weighted by Gasteiger charge is -2.13. The van der Waals surface area contributed by atoms with E-state index in [1.807, 2.05) is 60.7 Å². The number of halogens is 1. The van der Waals surface area contributed by atoms with Gasteiger partial charge in [-0.25, -0.2) is 0 Å². The zero-order valence-corrected chi connectivity index (χ0v) is 17.9. The summed E-state index contributed by atoms with van der Waals surface area (Å²) in [6, 6.07) is 12.6. The summed E-state index contributed by atoms with van der Waals surface area (Å²) in [6.07, 6.45) is 1.47. The summed E-state index contributed by atoms with van der Waals surface area (Å²) in [5.74, 6) is -0.284. The lowest BCUT2D eigenvalue weighted by molar-refractivity contribution is -0.132. The molecule has 0 aliphatic heterocycles. The molecule has 0 spiro atoms. The zero-order valence-electron chi connectivity index (χ0n) is 15.7. The second-order valence-electron chi connectivity index (χ2n) is 5.80. The van der Waals surface area contributed by atoms with Gasteiger partial charge < -0.3 is 14.8 Å². The molecule has 0 heterocycles. The van der Waals surface area contributed by atoms with Crippen LogP contribution in [0.4, 0.5) is 5.69 Å². The van der Waals surface area contributed by atoms with Crippen molar-refractivity contribution in [3.63, 3.8) is 0 Å². The molecule has 6 nitrogen and oxygen atoms in total. The van der Waals surface area contributed by atoms with Crippen molar-refractivity contribution in [2.45, 2.75) is 20.8 Å². The number of esters is 1. The number of rotatable bonds is 6. The molecule has 2 rings (SSSR count). The molecule has 0 atom stereocenters. The molecule has 0 saturated carbocycles. The van der Waals surface area contributed by atoms with Crippen LogP contribution in [-0.2, 0) is 9.59 Å². The van der Waals surface area contributed by atoms with E-state index in [0.29, 0.717) is 32.9 Å². The standard InChI is InChI=1S/C21H19IN2O4/c1-4-27-19-11-15(10-17(22)20(19)28-14(3)25)9-16(12-23)21(26)24-18-8-6-5-7-13(18)2/h5-11H,4H2,1-3H3,(H,24,26)/b16-9+. The molecule has 1 N–H and O–H groups in total. The van der Waals surface area contributed by atoms with Gasteiger partial charge in [-0.3, -0.25) is 9.59 Å². The lowest BCUT2D eigenvalue weighted by Crippen LogP contribution is -2.14. The van der Waals surface area contributed by atoms with Gasteiger partial charge >= 0.3 is 5.97 Å². The average molecular weight is 490 g/mol. The highest BCUT2D eigenvalue weighted by atomic mass is 127. The number of nitriles is 1. The molecule has 0 aliphatic rings. The van der Waals surface area contributed by atoms with Gasteiger partial charge in [0.1, 0.15) is 11.6 Å². The van der Waals surface area contributed by atoms with Gasteiger partial charge in [0.25, 0.3) is 5.91 Å². The molecule has 0 radical (unpaired) electrons. The van der Waals surface area contributed by atoms with Crippen molar-refractivity contribution in [2.75, 3.05) is 11.9 Å². The SMILES string of the molecule is CCOc1cc(/C=C(\C#N)C(=O)Nc2ccccc2C)cc(I)c1OC(C)=O. The quantitative estimate of drug-likeness (QED) is 0.212. The van der Waals surface area contributed by atoms with Crippen LogP contribution in [0.15, 0.2) is 42.0 Å². The Morgan fingerprint density at radius 3 is 2.61 bits per heavy atom. The van der Waals surface area contributed by atoms with Crippen molar-refractivity contribution in [3.8, 4) is 17.6 Å². The Bertz CT molecular complexity index is 977. The Balaban J connectivity index is 2.37. The summed E-state index contributed by atoms with van der Waals surface area (Å²) >= 11 is 2.01. The number of hydrogen-bond donors (Lipinski definition) is 1. The predicted octanol–water partition coefficient (Wildman–Crippen LogP) is 4.47. The van der Waals surface area contributed by atoms with Crippen molar-refractivity contribution in [1.29, 1.82) is 5.26 Å². The van der Waals surface area contributed by atoms with Crippen LogP contribution in [0.5, 0.6) is 11.5 Å². The molecule has 0 fully saturated rings. The molecular weight excluding hydrogens is 471 g/mol. The van der Waals surface area contributed by atoms with E-state index in [1.165, 1.54) is 13.0 Å². The fourth-order valence-corrected chi connectivity index (χ4v) is 3.13. The minimum absolute atomic E-state index is 0.0539. The third-order valence-corrected chi connectivity index (χ3v) is 4.45. The number of hydrogen-bond acceptors (Lipinski definition) is 5. The van der Waals surface area contributed by atoms with Gasteiger partial charge in [0.05, 0.1) is 10.2 Å². The van der Waals surface area contributed by atoms with Gasteiger partial charge in [-0.1, -0.05) is 18.2 Å². The normalized spacial score (nSPS) is 10.8. The topological polar surface area (TPSA) is 88.4 Å². The summed E-state index contributed by atoms with van der Waals surface area (Å²) in [5, 5.41) is 12.2. The molecule has 144 valence electrons. The van der Waals surface area contributed by atoms with Crippen molar-refractivity contribution in [3.05, 3.63) is 56.7 Å². The number of benzene rings is 2. The maximum absolute atomic E-state index is 12.5. The Morgan fingerprint density at radius 2 is 2.00 bits per heavy atom. The van der Waals surface area contributed by atoms with E-state index in [0.717, 1.165) is 5.56 Å². The molecule has 1 amide bonds. The van der Waals surface area contributed by atoms with Gasteiger partial charge in [-0.15, -0.1) is 0 Å². The van der Waals surface area contributed by atoms with E-state index in [1.54, 1.807) is 18.2 Å². The summed E-state index contributed by atoms with van der Waals surface area (Å²) in [6.45, 7) is 5.36. The Morgan fingerprint density at radius 1 is 1.29 bits per heavy atom. The van der Waals surface area contributed by atoms with Crippen LogP contribution >= 0.6 is 22.6 Å². The minimum atomic E-state index is -0.506. The van der Waals surface area contributed by atoms with Gasteiger partial charge in [0.2, 0.25) is 0 Å². The highest BCUT2D eigenvalue weighted by Gasteiger charge is 2.16. The Hall–Kier alpha value is -2.86. The summed E-state index contributed by atoms with van der Waals surface area (Å²) < 4.78 is 11.4. The number of ether oxygens (including phenoxy) is 2. The first-order valence-corrected chi connectivity index (χ1v) is 9.57. The molecule has 28 heavy (non-hydrogen) atoms. The molecule has 2 aromatic rings. The smallest absolute Gasteiger partial charge is 0.308 e. The lowest BCUT2D eigenvalue weighted by atomic mass is 10.1. The third-order valence-electron chi connectivity index (χ3n) is 3.65. The number of nitrogens with one attached hydrogen (secondary N) is 1. The molecule has 7 heteroatoms. The van der Waals surface area contributed by atoms with Crippen molar-refractivity contribution in [1.82, 2.24) is 0 Å². The number of amides is 1. The number of anilines is 1. The summed E-state index contributed by atoms with van der Waals surface area (Å²) in [5.41, 5.74) is 2.07. The van der Waals surface area contributed by atoms with Crippen molar-refractivity contribution < 1.29 is 19.1 Å². The van der Waals surface area contributed by atoms with E-state index in [2.05, 4.69) is 5.32 Å². The first kappa shape index (κ1) is 21.4. The minimum Gasteiger partial charge on any atom is -0.490 e. The van der Waals surface area contributed by atoms with E-state index < -0.39 is 11.9 Å². The van der Waals surface area contributed by atoms with Crippen LogP contribution < -0.4 is 14.8 Å². The Labute approximate surface area is 177 Å². The summed E-state index contributed by atoms with van der Waals surface area (Å²) in [7, 11) is 0. The summed E-state index contributed by atoms with van der Waals surface area (Å²) in [4.78, 5) is 23.8. The number of nitrogens with zero attached hydrogens (tertiary/aromatic N) is 1. The van der Waals surface area contributed by atoms with E-state index in [9.17, 15) is 14.9 Å². The van der Waals surface area contributed by atoms with Gasteiger partial charge in [-0.2, -0.15) is 5.26 Å². The van der Waals surface area contributed by atoms with E-state index in [-0.39, 0.29) is 5.57 Å². The number of carbonyl (C=O) groups excluding carboxylic acids is 2. The average Bonchev–Trinajstić information content (AvgIpc) is 2.64. The highest BCUT2D eigenvalue weighted by Crippen LogP contribution is 2.35. The van der Waals surface area contributed by atoms with Gasteiger partial charge in [0.15, 0.2) is 11.5 Å². The Kier molecular flexibility index (Phi) is 7.58. The molecule has 0 unspecified atom stereocenters. The molecule has 0 aliphatic carbocycles. The highest BCUT2D eigenvalue weighted by molar-refractivity contribution is 14.1. The first-order valence-electron chi connectivity index (χ1n) is 8.49.